The van der Waals surface area contributed by atoms with Crippen molar-refractivity contribution in [2.75, 3.05) is 0 Å². The van der Waals surface area contributed by atoms with Crippen LogP contribution in [0.5, 0.6) is 0 Å². The predicted octanol–water partition coefficient (Wildman–Crippen LogP) is 3.17. The zero-order chi connectivity index (χ0) is 14.3. The first-order valence-electron chi connectivity index (χ1n) is 5.63. The van der Waals surface area contributed by atoms with Gasteiger partial charge in [0.05, 0.1) is 11.0 Å². The molecule has 0 saturated heterocycles. The number of hydrogen-bond donors (Lipinski definition) is 0. The van der Waals surface area contributed by atoms with Gasteiger partial charge in [-0.05, 0) is 46.3 Å². The van der Waals surface area contributed by atoms with E-state index >= 15 is 0 Å². The third-order valence-corrected chi connectivity index (χ3v) is 5.49. The Morgan fingerprint density at radius 3 is 2.65 bits per heavy atom. The fraction of sp³-hybridized carbons (Fsp3) is 0. The Morgan fingerprint density at radius 2 is 1.90 bits per heavy atom. The molecule has 0 aliphatic heterocycles. The molecule has 102 valence electrons. The lowest BCUT2D eigenvalue weighted by molar-refractivity contribution is 0.587. The highest BCUT2D eigenvalue weighted by molar-refractivity contribution is 9.10. The molecule has 2 aromatic carbocycles. The van der Waals surface area contributed by atoms with Crippen molar-refractivity contribution < 1.29 is 12.8 Å². The molecule has 4 nitrogen and oxygen atoms in total. The van der Waals surface area contributed by atoms with Crippen molar-refractivity contribution >= 4 is 37.0 Å². The fourth-order valence-electron chi connectivity index (χ4n) is 1.92. The molecule has 0 radical (unpaired) electrons. The van der Waals surface area contributed by atoms with Crippen LogP contribution in [0.25, 0.3) is 11.0 Å². The summed E-state index contributed by atoms with van der Waals surface area (Å²) in [5, 5.41) is 0. The van der Waals surface area contributed by atoms with Crippen LogP contribution in [0.4, 0.5) is 4.39 Å². The van der Waals surface area contributed by atoms with Crippen molar-refractivity contribution in [3.63, 3.8) is 0 Å². The first-order valence-corrected chi connectivity index (χ1v) is 7.86. The van der Waals surface area contributed by atoms with Gasteiger partial charge in [0.15, 0.2) is 0 Å². The van der Waals surface area contributed by atoms with Crippen molar-refractivity contribution in [2.45, 2.75) is 4.90 Å². The summed E-state index contributed by atoms with van der Waals surface area (Å²) in [5.74, 6) is -0.508. The van der Waals surface area contributed by atoms with E-state index in [1.807, 2.05) is 0 Å². The van der Waals surface area contributed by atoms with Gasteiger partial charge in [-0.2, -0.15) is 0 Å². The van der Waals surface area contributed by atoms with Gasteiger partial charge in [-0.3, -0.25) is 0 Å². The Balaban J connectivity index is 2.26. The number of imidazole rings is 1. The van der Waals surface area contributed by atoms with Crippen LogP contribution >= 0.6 is 15.9 Å². The molecular formula is C13H8BrFN2O2S. The summed E-state index contributed by atoms with van der Waals surface area (Å²) in [6, 6.07) is 10.3. The second-order valence-corrected chi connectivity index (χ2v) is 6.75. The van der Waals surface area contributed by atoms with E-state index in [4.69, 9.17) is 0 Å². The molecule has 0 amide bonds. The zero-order valence-corrected chi connectivity index (χ0v) is 12.4. The van der Waals surface area contributed by atoms with Gasteiger partial charge in [-0.25, -0.2) is 21.8 Å². The normalized spacial score (nSPS) is 11.9. The monoisotopic (exact) mass is 354 g/mol. The van der Waals surface area contributed by atoms with Crippen LogP contribution in [0.3, 0.4) is 0 Å². The van der Waals surface area contributed by atoms with Gasteiger partial charge in [0.1, 0.15) is 17.0 Å². The van der Waals surface area contributed by atoms with E-state index < -0.39 is 15.8 Å². The molecule has 1 heterocycles. The molecule has 3 rings (SSSR count). The number of halogens is 2. The van der Waals surface area contributed by atoms with Gasteiger partial charge in [-0.1, -0.05) is 12.1 Å². The maximum Gasteiger partial charge on any atom is 0.270 e. The number of para-hydroxylation sites is 2. The van der Waals surface area contributed by atoms with E-state index in [0.717, 1.165) is 16.1 Å². The van der Waals surface area contributed by atoms with Crippen molar-refractivity contribution in [3.8, 4) is 0 Å². The summed E-state index contributed by atoms with van der Waals surface area (Å²) >= 11 is 3.08. The topological polar surface area (TPSA) is 52.0 Å². The molecule has 3 aromatic rings. The lowest BCUT2D eigenvalue weighted by Crippen LogP contribution is -2.12. The number of fused-ring (bicyclic) bond motifs is 1. The second kappa shape index (κ2) is 4.68. The summed E-state index contributed by atoms with van der Waals surface area (Å²) in [6.45, 7) is 0. The number of rotatable bonds is 2. The SMILES string of the molecule is O=S(=O)(c1ccc(F)cc1Br)n1cnc2ccccc21. The Kier molecular flexibility index (Phi) is 3.10. The molecule has 0 atom stereocenters. The summed E-state index contributed by atoms with van der Waals surface area (Å²) < 4.78 is 39.6. The number of benzene rings is 2. The van der Waals surface area contributed by atoms with Crippen molar-refractivity contribution in [1.29, 1.82) is 0 Å². The van der Waals surface area contributed by atoms with E-state index in [1.165, 1.54) is 12.4 Å². The smallest absolute Gasteiger partial charge is 0.236 e. The van der Waals surface area contributed by atoms with Crippen molar-refractivity contribution in [2.24, 2.45) is 0 Å². The number of hydrogen-bond acceptors (Lipinski definition) is 3. The lowest BCUT2D eigenvalue weighted by atomic mass is 10.3. The molecule has 0 spiro atoms. The van der Waals surface area contributed by atoms with Crippen molar-refractivity contribution in [1.82, 2.24) is 8.96 Å². The molecule has 0 aliphatic rings. The Bertz CT molecular complexity index is 906. The first kappa shape index (κ1) is 13.3. The largest absolute Gasteiger partial charge is 0.270 e. The lowest BCUT2D eigenvalue weighted by Gasteiger charge is -2.08. The minimum Gasteiger partial charge on any atom is -0.236 e. The Hall–Kier alpha value is -1.73. The highest BCUT2D eigenvalue weighted by Gasteiger charge is 2.22. The van der Waals surface area contributed by atoms with Crippen LogP contribution in [-0.2, 0) is 10.0 Å². The third-order valence-electron chi connectivity index (χ3n) is 2.85. The van der Waals surface area contributed by atoms with Gasteiger partial charge in [0, 0.05) is 4.47 Å². The van der Waals surface area contributed by atoms with Crippen LogP contribution in [-0.4, -0.2) is 17.4 Å². The quantitative estimate of drug-likeness (QED) is 0.710. The minimum atomic E-state index is -3.83. The predicted molar refractivity (Wildman–Crippen MR) is 76.4 cm³/mol. The molecule has 0 N–H and O–H groups in total. The third kappa shape index (κ3) is 2.03. The molecular weight excluding hydrogens is 347 g/mol. The van der Waals surface area contributed by atoms with Crippen molar-refractivity contribution in [3.05, 3.63) is 59.1 Å². The average Bonchev–Trinajstić information content (AvgIpc) is 2.82. The van der Waals surface area contributed by atoms with Gasteiger partial charge in [0.2, 0.25) is 0 Å². The molecule has 20 heavy (non-hydrogen) atoms. The Labute approximate surface area is 123 Å². The standard InChI is InChI=1S/C13H8BrFN2O2S/c14-10-7-9(15)5-6-13(10)20(18,19)17-8-16-11-3-1-2-4-12(11)17/h1-8H. The first-order chi connectivity index (χ1) is 9.50. The van der Waals surface area contributed by atoms with Crippen LogP contribution in [0.15, 0.2) is 58.2 Å². The summed E-state index contributed by atoms with van der Waals surface area (Å²) in [6.07, 6.45) is 1.25. The minimum absolute atomic E-state index is 0.0120. The molecule has 0 bridgehead atoms. The fourth-order valence-corrected chi connectivity index (χ4v) is 4.22. The van der Waals surface area contributed by atoms with Crippen LogP contribution in [0.1, 0.15) is 0 Å². The molecule has 0 unspecified atom stereocenters. The molecule has 0 saturated carbocycles. The van der Waals surface area contributed by atoms with Gasteiger partial charge in [-0.15, -0.1) is 0 Å². The summed E-state index contributed by atoms with van der Waals surface area (Å²) in [7, 11) is -3.83. The van der Waals surface area contributed by atoms with Gasteiger partial charge < -0.3 is 0 Å². The molecule has 1 aromatic heterocycles. The van der Waals surface area contributed by atoms with E-state index in [2.05, 4.69) is 20.9 Å². The van der Waals surface area contributed by atoms with Crippen LogP contribution in [0, 0.1) is 5.82 Å². The van der Waals surface area contributed by atoms with Gasteiger partial charge >= 0.3 is 0 Å². The van der Waals surface area contributed by atoms with E-state index in [-0.39, 0.29) is 9.37 Å². The van der Waals surface area contributed by atoms with Crippen LogP contribution in [0.2, 0.25) is 0 Å². The average molecular weight is 355 g/mol. The van der Waals surface area contributed by atoms with E-state index in [9.17, 15) is 12.8 Å². The Morgan fingerprint density at radius 1 is 1.15 bits per heavy atom. The summed E-state index contributed by atoms with van der Waals surface area (Å²) in [5.41, 5.74) is 1.05. The highest BCUT2D eigenvalue weighted by Crippen LogP contribution is 2.27. The van der Waals surface area contributed by atoms with E-state index in [1.54, 1.807) is 24.3 Å². The number of nitrogens with zero attached hydrogens (tertiary/aromatic N) is 2. The zero-order valence-electron chi connectivity index (χ0n) is 9.99. The summed E-state index contributed by atoms with van der Waals surface area (Å²) in [4.78, 5) is 4.04. The maximum atomic E-state index is 13.1. The molecule has 0 fully saturated rings. The van der Waals surface area contributed by atoms with Crippen LogP contribution < -0.4 is 0 Å². The van der Waals surface area contributed by atoms with E-state index in [0.29, 0.717) is 11.0 Å². The molecule has 7 heteroatoms. The highest BCUT2D eigenvalue weighted by atomic mass is 79.9. The maximum absolute atomic E-state index is 13.1. The number of aromatic nitrogens is 2. The second-order valence-electron chi connectivity index (χ2n) is 4.11. The molecule has 0 aliphatic carbocycles. The van der Waals surface area contributed by atoms with Gasteiger partial charge in [0.25, 0.3) is 10.0 Å².